The van der Waals surface area contributed by atoms with Crippen LogP contribution in [0.2, 0.25) is 0 Å². The second kappa shape index (κ2) is 4.42. The Morgan fingerprint density at radius 2 is 1.79 bits per heavy atom. The van der Waals surface area contributed by atoms with Crippen molar-refractivity contribution in [2.24, 2.45) is 5.41 Å². The molecule has 0 atom stereocenters. The maximum absolute atomic E-state index is 13.7. The molecule has 1 aromatic carbocycles. The first-order valence-electron chi connectivity index (χ1n) is 5.88. The highest BCUT2D eigenvalue weighted by atomic mass is 32.2. The van der Waals surface area contributed by atoms with E-state index in [1.807, 2.05) is 13.8 Å². The largest absolute Gasteiger partial charge is 0.399 e. The smallest absolute Gasteiger partial charge is 0.248 e. The number of anilines is 1. The Hall–Kier alpha value is -1.21. The molecule has 0 unspecified atom stereocenters. The Kier molecular flexibility index (Phi) is 3.30. The topological polar surface area (TPSA) is 63.4 Å². The second-order valence-corrected chi connectivity index (χ2v) is 7.44. The summed E-state index contributed by atoms with van der Waals surface area (Å²) in [5.74, 6) is -2.30. The van der Waals surface area contributed by atoms with E-state index in [4.69, 9.17) is 5.73 Å². The van der Waals surface area contributed by atoms with E-state index in [2.05, 4.69) is 0 Å². The molecule has 0 amide bonds. The van der Waals surface area contributed by atoms with Crippen molar-refractivity contribution in [3.05, 3.63) is 23.8 Å². The Labute approximate surface area is 111 Å². The van der Waals surface area contributed by atoms with Gasteiger partial charge in [-0.15, -0.1) is 0 Å². The number of hydrogen-bond donors (Lipinski definition) is 1. The Morgan fingerprint density at radius 1 is 1.26 bits per heavy atom. The van der Waals surface area contributed by atoms with Gasteiger partial charge in [0.1, 0.15) is 11.6 Å². The molecule has 1 saturated heterocycles. The van der Waals surface area contributed by atoms with Crippen molar-refractivity contribution in [2.45, 2.75) is 25.2 Å². The molecule has 1 aliphatic heterocycles. The van der Waals surface area contributed by atoms with Crippen LogP contribution < -0.4 is 5.73 Å². The van der Waals surface area contributed by atoms with Crippen LogP contribution >= 0.6 is 0 Å². The molecular formula is C12H16F2N2O2S. The van der Waals surface area contributed by atoms with Crippen LogP contribution in [0.25, 0.3) is 0 Å². The van der Waals surface area contributed by atoms with Crippen LogP contribution in [0.3, 0.4) is 0 Å². The molecule has 0 radical (unpaired) electrons. The second-order valence-electron chi connectivity index (χ2n) is 5.57. The number of hydrogen-bond acceptors (Lipinski definition) is 3. The zero-order valence-corrected chi connectivity index (χ0v) is 11.6. The van der Waals surface area contributed by atoms with E-state index < -0.39 is 26.6 Å². The SMILES string of the molecule is CC1(C)CCN(S(=O)(=O)c2c(F)cc(N)cc2F)C1. The van der Waals surface area contributed by atoms with E-state index in [9.17, 15) is 17.2 Å². The van der Waals surface area contributed by atoms with Gasteiger partial charge < -0.3 is 5.73 Å². The summed E-state index contributed by atoms with van der Waals surface area (Å²) in [7, 11) is -4.16. The summed E-state index contributed by atoms with van der Waals surface area (Å²) in [5, 5.41) is 0. The van der Waals surface area contributed by atoms with Crippen LogP contribution in [0, 0.1) is 17.0 Å². The number of benzene rings is 1. The molecule has 2 N–H and O–H groups in total. The van der Waals surface area contributed by atoms with E-state index in [-0.39, 0.29) is 24.2 Å². The number of sulfonamides is 1. The molecule has 0 saturated carbocycles. The maximum atomic E-state index is 13.7. The van der Waals surface area contributed by atoms with E-state index in [1.54, 1.807) is 0 Å². The fourth-order valence-corrected chi connectivity index (χ4v) is 3.94. The number of rotatable bonds is 2. The van der Waals surface area contributed by atoms with Crippen molar-refractivity contribution in [1.82, 2.24) is 4.31 Å². The number of nitrogens with two attached hydrogens (primary N) is 1. The molecule has 0 bridgehead atoms. The van der Waals surface area contributed by atoms with Crippen LogP contribution in [-0.4, -0.2) is 25.8 Å². The van der Waals surface area contributed by atoms with Crippen LogP contribution in [-0.2, 0) is 10.0 Å². The first kappa shape index (κ1) is 14.2. The first-order valence-corrected chi connectivity index (χ1v) is 7.32. The third-order valence-corrected chi connectivity index (χ3v) is 5.16. The number of nitrogens with zero attached hydrogens (tertiary/aromatic N) is 1. The molecule has 1 heterocycles. The van der Waals surface area contributed by atoms with Crippen LogP contribution in [0.1, 0.15) is 20.3 Å². The van der Waals surface area contributed by atoms with E-state index >= 15 is 0 Å². The normalized spacial score (nSPS) is 19.8. The van der Waals surface area contributed by atoms with Gasteiger partial charge in [-0.25, -0.2) is 17.2 Å². The molecule has 1 fully saturated rings. The third-order valence-electron chi connectivity index (χ3n) is 3.26. The van der Waals surface area contributed by atoms with Gasteiger partial charge in [0.15, 0.2) is 4.90 Å². The fraction of sp³-hybridized carbons (Fsp3) is 0.500. The summed E-state index contributed by atoms with van der Waals surface area (Å²) in [6.07, 6.45) is 0.657. The van der Waals surface area contributed by atoms with Crippen molar-refractivity contribution in [3.63, 3.8) is 0 Å². The molecule has 4 nitrogen and oxygen atoms in total. The predicted molar refractivity (Wildman–Crippen MR) is 67.9 cm³/mol. The molecule has 19 heavy (non-hydrogen) atoms. The molecule has 1 aliphatic rings. The van der Waals surface area contributed by atoms with Gasteiger partial charge in [0.2, 0.25) is 10.0 Å². The van der Waals surface area contributed by atoms with Crippen molar-refractivity contribution in [2.75, 3.05) is 18.8 Å². The van der Waals surface area contributed by atoms with Gasteiger partial charge in [0.25, 0.3) is 0 Å². The molecule has 0 aromatic heterocycles. The molecule has 0 aliphatic carbocycles. The Bertz CT molecular complexity index is 591. The predicted octanol–water partition coefficient (Wildman–Crippen LogP) is 1.97. The number of halogens is 2. The van der Waals surface area contributed by atoms with E-state index in [1.165, 1.54) is 0 Å². The zero-order valence-electron chi connectivity index (χ0n) is 10.8. The summed E-state index contributed by atoms with van der Waals surface area (Å²) >= 11 is 0. The van der Waals surface area contributed by atoms with Crippen molar-refractivity contribution in [1.29, 1.82) is 0 Å². The van der Waals surface area contributed by atoms with Gasteiger partial charge in [-0.2, -0.15) is 4.31 Å². The Morgan fingerprint density at radius 3 is 2.21 bits per heavy atom. The molecular weight excluding hydrogens is 274 g/mol. The summed E-state index contributed by atoms with van der Waals surface area (Å²) in [6.45, 7) is 4.34. The minimum Gasteiger partial charge on any atom is -0.399 e. The number of nitrogen functional groups attached to an aromatic ring is 1. The standard InChI is InChI=1S/C12H16F2N2O2S/c1-12(2)3-4-16(7-12)19(17,18)11-9(13)5-8(15)6-10(11)14/h5-6H,3-4,7,15H2,1-2H3. The highest BCUT2D eigenvalue weighted by Crippen LogP contribution is 2.34. The average molecular weight is 290 g/mol. The highest BCUT2D eigenvalue weighted by molar-refractivity contribution is 7.89. The minimum atomic E-state index is -4.16. The summed E-state index contributed by atoms with van der Waals surface area (Å²) in [4.78, 5) is -0.917. The van der Waals surface area contributed by atoms with Gasteiger partial charge in [-0.05, 0) is 24.0 Å². The molecule has 2 rings (SSSR count). The van der Waals surface area contributed by atoms with E-state index in [0.717, 1.165) is 16.4 Å². The fourth-order valence-electron chi connectivity index (χ4n) is 2.22. The third kappa shape index (κ3) is 2.57. The van der Waals surface area contributed by atoms with Crippen LogP contribution in [0.4, 0.5) is 14.5 Å². The van der Waals surface area contributed by atoms with Crippen LogP contribution in [0.15, 0.2) is 17.0 Å². The quantitative estimate of drug-likeness (QED) is 0.847. The summed E-state index contributed by atoms with van der Waals surface area (Å²) in [6, 6.07) is 1.63. The molecule has 0 spiro atoms. The van der Waals surface area contributed by atoms with Crippen LogP contribution in [0.5, 0.6) is 0 Å². The monoisotopic (exact) mass is 290 g/mol. The van der Waals surface area contributed by atoms with Gasteiger partial charge in [-0.1, -0.05) is 13.8 Å². The Balaban J connectivity index is 2.47. The van der Waals surface area contributed by atoms with E-state index in [0.29, 0.717) is 6.42 Å². The van der Waals surface area contributed by atoms with Gasteiger partial charge in [-0.3, -0.25) is 0 Å². The van der Waals surface area contributed by atoms with Gasteiger partial charge in [0.05, 0.1) is 0 Å². The van der Waals surface area contributed by atoms with Crippen molar-refractivity contribution < 1.29 is 17.2 Å². The lowest BCUT2D eigenvalue weighted by Gasteiger charge is -2.20. The molecule has 106 valence electrons. The van der Waals surface area contributed by atoms with Gasteiger partial charge >= 0.3 is 0 Å². The van der Waals surface area contributed by atoms with Gasteiger partial charge in [0, 0.05) is 18.8 Å². The van der Waals surface area contributed by atoms with Crippen molar-refractivity contribution >= 4 is 15.7 Å². The highest BCUT2D eigenvalue weighted by Gasteiger charge is 2.39. The molecule has 7 heteroatoms. The zero-order chi connectivity index (χ0) is 14.4. The lowest BCUT2D eigenvalue weighted by atomic mass is 9.93. The lowest BCUT2D eigenvalue weighted by Crippen LogP contribution is -2.31. The maximum Gasteiger partial charge on any atom is 0.248 e. The molecule has 1 aromatic rings. The first-order chi connectivity index (χ1) is 8.63. The minimum absolute atomic E-state index is 0.143. The summed E-state index contributed by atoms with van der Waals surface area (Å²) < 4.78 is 53.1. The van der Waals surface area contributed by atoms with Crippen molar-refractivity contribution in [3.8, 4) is 0 Å². The lowest BCUT2D eigenvalue weighted by molar-refractivity contribution is 0.373. The summed E-state index contributed by atoms with van der Waals surface area (Å²) in [5.41, 5.74) is 4.95. The average Bonchev–Trinajstić information content (AvgIpc) is 2.57.